The van der Waals surface area contributed by atoms with Crippen LogP contribution in [0, 0.1) is 0 Å². The second kappa shape index (κ2) is 10.6. The topological polar surface area (TPSA) is 118 Å². The summed E-state index contributed by atoms with van der Waals surface area (Å²) in [6.45, 7) is 0.652. The van der Waals surface area contributed by atoms with Crippen molar-refractivity contribution in [1.29, 1.82) is 0 Å². The van der Waals surface area contributed by atoms with E-state index in [0.29, 0.717) is 31.5 Å². The molecule has 4 rings (SSSR count). The number of carbonyl (C=O) groups is 2. The molecule has 1 aliphatic heterocycles. The number of hydrogen-bond donors (Lipinski definition) is 1. The number of sulfonamides is 1. The number of hydrogen-bond acceptors (Lipinski definition) is 6. The van der Waals surface area contributed by atoms with Gasteiger partial charge in [-0.15, -0.1) is 0 Å². The molecule has 1 heterocycles. The fourth-order valence-electron chi connectivity index (χ4n) is 4.13. The minimum Gasteiger partial charge on any atom is -0.323 e. The highest BCUT2D eigenvalue weighted by Gasteiger charge is 2.24. The lowest BCUT2D eigenvalue weighted by molar-refractivity contribution is -0.116. The van der Waals surface area contributed by atoms with Crippen LogP contribution in [0.4, 0.5) is 4.79 Å². The van der Waals surface area contributed by atoms with Crippen molar-refractivity contribution >= 4 is 31.7 Å². The molecule has 0 atom stereocenters. The molecule has 10 heteroatoms. The molecule has 36 heavy (non-hydrogen) atoms. The molecule has 0 aromatic heterocycles. The average molecular weight is 527 g/mol. The third-order valence-corrected chi connectivity index (χ3v) is 9.02. The fourth-order valence-corrected chi connectivity index (χ4v) is 6.39. The molecule has 3 aromatic carbocycles. The molecule has 0 fully saturated rings. The van der Waals surface area contributed by atoms with E-state index >= 15 is 0 Å². The SMILES string of the molecule is O=C(Cc1ccc2c(c1)CCN(C(=O)NS(=O)(=O)c1ccccc1)CC2)CS(=O)(=O)c1ccccc1. The summed E-state index contributed by atoms with van der Waals surface area (Å²) in [5.41, 5.74) is 2.66. The fraction of sp³-hybridized carbons (Fsp3) is 0.231. The minimum absolute atomic E-state index is 0.0139. The van der Waals surface area contributed by atoms with E-state index in [1.54, 1.807) is 42.5 Å². The number of benzene rings is 3. The van der Waals surface area contributed by atoms with E-state index in [1.807, 2.05) is 12.1 Å². The molecule has 188 valence electrons. The second-order valence-electron chi connectivity index (χ2n) is 8.60. The molecule has 0 saturated heterocycles. The quantitative estimate of drug-likeness (QED) is 0.506. The van der Waals surface area contributed by atoms with E-state index in [4.69, 9.17) is 0 Å². The zero-order valence-electron chi connectivity index (χ0n) is 19.5. The Morgan fingerprint density at radius 2 is 1.33 bits per heavy atom. The predicted molar refractivity (Wildman–Crippen MR) is 135 cm³/mol. The van der Waals surface area contributed by atoms with Crippen LogP contribution in [0.15, 0.2) is 88.7 Å². The highest BCUT2D eigenvalue weighted by Crippen LogP contribution is 2.20. The molecule has 3 aromatic rings. The zero-order valence-corrected chi connectivity index (χ0v) is 21.1. The first kappa shape index (κ1) is 25.6. The van der Waals surface area contributed by atoms with E-state index < -0.39 is 37.4 Å². The molecular formula is C26H26N2O6S2. The molecule has 0 radical (unpaired) electrons. The number of Topliss-reactive ketones (excluding diaryl/α,β-unsaturated/α-hetero) is 1. The zero-order chi connectivity index (χ0) is 25.8. The lowest BCUT2D eigenvalue weighted by atomic mass is 9.98. The smallest absolute Gasteiger partial charge is 0.323 e. The van der Waals surface area contributed by atoms with Crippen molar-refractivity contribution in [1.82, 2.24) is 9.62 Å². The Bertz CT molecular complexity index is 1470. The Morgan fingerprint density at radius 3 is 1.97 bits per heavy atom. The van der Waals surface area contributed by atoms with E-state index in [0.717, 1.165) is 11.1 Å². The molecule has 2 amide bonds. The number of carbonyl (C=O) groups excluding carboxylic acids is 2. The number of urea groups is 1. The summed E-state index contributed by atoms with van der Waals surface area (Å²) in [5, 5.41) is 0. The largest absolute Gasteiger partial charge is 0.331 e. The maximum Gasteiger partial charge on any atom is 0.331 e. The summed E-state index contributed by atoms with van der Waals surface area (Å²) in [4.78, 5) is 26.8. The van der Waals surface area contributed by atoms with Crippen LogP contribution in [0.25, 0.3) is 0 Å². The van der Waals surface area contributed by atoms with Crippen LogP contribution in [-0.2, 0) is 43.9 Å². The van der Waals surface area contributed by atoms with Gasteiger partial charge >= 0.3 is 6.03 Å². The van der Waals surface area contributed by atoms with Gasteiger partial charge in [0, 0.05) is 19.5 Å². The second-order valence-corrected chi connectivity index (χ2v) is 12.3. The number of ketones is 1. The molecule has 1 N–H and O–H groups in total. The third kappa shape index (κ3) is 6.19. The Labute approximate surface area is 210 Å². The van der Waals surface area contributed by atoms with Crippen LogP contribution in [0.5, 0.6) is 0 Å². The summed E-state index contributed by atoms with van der Waals surface area (Å²) in [5.74, 6) is -0.975. The van der Waals surface area contributed by atoms with Crippen molar-refractivity contribution in [3.8, 4) is 0 Å². The lowest BCUT2D eigenvalue weighted by Gasteiger charge is -2.20. The number of amides is 2. The Kier molecular flexibility index (Phi) is 7.56. The van der Waals surface area contributed by atoms with Crippen molar-refractivity contribution in [2.75, 3.05) is 18.8 Å². The van der Waals surface area contributed by atoms with Gasteiger partial charge in [0.15, 0.2) is 15.6 Å². The molecule has 0 unspecified atom stereocenters. The molecule has 0 bridgehead atoms. The van der Waals surface area contributed by atoms with Crippen molar-refractivity contribution < 1.29 is 26.4 Å². The van der Waals surface area contributed by atoms with Gasteiger partial charge < -0.3 is 4.90 Å². The van der Waals surface area contributed by atoms with Gasteiger partial charge in [-0.25, -0.2) is 26.4 Å². The van der Waals surface area contributed by atoms with Crippen LogP contribution < -0.4 is 4.72 Å². The average Bonchev–Trinajstić information content (AvgIpc) is 3.07. The van der Waals surface area contributed by atoms with Gasteiger partial charge in [-0.05, 0) is 53.8 Å². The number of rotatable bonds is 7. The van der Waals surface area contributed by atoms with Crippen LogP contribution in [0.2, 0.25) is 0 Å². The molecule has 0 aliphatic carbocycles. The predicted octanol–water partition coefficient (Wildman–Crippen LogP) is 2.77. The van der Waals surface area contributed by atoms with Crippen LogP contribution in [0.1, 0.15) is 16.7 Å². The lowest BCUT2D eigenvalue weighted by Crippen LogP contribution is -2.43. The Hall–Kier alpha value is -3.50. The van der Waals surface area contributed by atoms with Crippen molar-refractivity contribution in [3.05, 3.63) is 95.6 Å². The number of sulfone groups is 1. The van der Waals surface area contributed by atoms with E-state index in [-0.39, 0.29) is 16.2 Å². The molecule has 1 aliphatic rings. The van der Waals surface area contributed by atoms with E-state index in [1.165, 1.54) is 29.2 Å². The Morgan fingerprint density at radius 1 is 0.750 bits per heavy atom. The van der Waals surface area contributed by atoms with Crippen molar-refractivity contribution in [2.24, 2.45) is 0 Å². The van der Waals surface area contributed by atoms with Crippen LogP contribution in [-0.4, -0.2) is 52.4 Å². The standard InChI is InChI=1S/C26H26N2O6S2/c29-23(19-35(31,32)24-7-3-1-4-8-24)18-20-11-12-21-13-15-28(16-14-22(21)17-20)26(30)27-36(33,34)25-9-5-2-6-10-25/h1-12,17H,13-16,18-19H2,(H,27,30). The highest BCUT2D eigenvalue weighted by atomic mass is 32.2. The van der Waals surface area contributed by atoms with Gasteiger partial charge in [0.05, 0.1) is 9.79 Å². The van der Waals surface area contributed by atoms with Crippen LogP contribution in [0.3, 0.4) is 0 Å². The first-order chi connectivity index (χ1) is 17.1. The van der Waals surface area contributed by atoms with Gasteiger partial charge in [0.2, 0.25) is 0 Å². The van der Waals surface area contributed by atoms with Crippen molar-refractivity contribution in [3.63, 3.8) is 0 Å². The van der Waals surface area contributed by atoms with Gasteiger partial charge in [-0.3, -0.25) is 4.79 Å². The van der Waals surface area contributed by atoms with Gasteiger partial charge in [0.1, 0.15) is 5.75 Å². The number of fused-ring (bicyclic) bond motifs is 1. The molecule has 0 spiro atoms. The van der Waals surface area contributed by atoms with Gasteiger partial charge in [0.25, 0.3) is 10.0 Å². The summed E-state index contributed by atoms with van der Waals surface area (Å²) in [6, 6.07) is 20.4. The summed E-state index contributed by atoms with van der Waals surface area (Å²) in [6.07, 6.45) is 1.00. The molecule has 8 nitrogen and oxygen atoms in total. The normalized spacial score (nSPS) is 13.9. The van der Waals surface area contributed by atoms with Crippen molar-refractivity contribution in [2.45, 2.75) is 29.1 Å². The monoisotopic (exact) mass is 526 g/mol. The molecule has 0 saturated carbocycles. The highest BCUT2D eigenvalue weighted by molar-refractivity contribution is 7.92. The van der Waals surface area contributed by atoms with E-state index in [9.17, 15) is 26.4 Å². The summed E-state index contributed by atoms with van der Waals surface area (Å²) >= 11 is 0. The van der Waals surface area contributed by atoms with Crippen LogP contribution >= 0.6 is 0 Å². The minimum atomic E-state index is -3.97. The maximum atomic E-state index is 12.7. The maximum absolute atomic E-state index is 12.7. The summed E-state index contributed by atoms with van der Waals surface area (Å²) < 4.78 is 52.1. The van der Waals surface area contributed by atoms with Gasteiger partial charge in [-0.1, -0.05) is 54.6 Å². The summed E-state index contributed by atoms with van der Waals surface area (Å²) in [7, 11) is -7.68. The number of nitrogens with one attached hydrogen (secondary N) is 1. The first-order valence-electron chi connectivity index (χ1n) is 11.4. The van der Waals surface area contributed by atoms with Gasteiger partial charge in [-0.2, -0.15) is 0 Å². The van der Waals surface area contributed by atoms with E-state index in [2.05, 4.69) is 4.72 Å². The first-order valence-corrected chi connectivity index (χ1v) is 14.5. The number of nitrogens with zero attached hydrogens (tertiary/aromatic N) is 1. The third-order valence-electron chi connectivity index (χ3n) is 5.99. The molecular weight excluding hydrogens is 500 g/mol. The Balaban J connectivity index is 1.38.